The van der Waals surface area contributed by atoms with E-state index in [-0.39, 0.29) is 11.9 Å². The monoisotopic (exact) mass is 212 g/mol. The number of esters is 1. The van der Waals surface area contributed by atoms with Crippen molar-refractivity contribution in [3.05, 3.63) is 11.6 Å². The van der Waals surface area contributed by atoms with Gasteiger partial charge in [-0.15, -0.1) is 0 Å². The standard InChI is InChI=1S/C12H20O3/c1-8-5-6-10(7-11(8)14)12(3,4)15-9(2)13/h5,10-11,14H,6-7H2,1-4H3/t10-,11+/m0/s1. The number of aliphatic hydroxyl groups excluding tert-OH is 1. The van der Waals surface area contributed by atoms with Crippen LogP contribution in [0, 0.1) is 5.92 Å². The Morgan fingerprint density at radius 2 is 2.20 bits per heavy atom. The second-order valence-corrected chi connectivity index (χ2v) is 4.83. The van der Waals surface area contributed by atoms with Crippen molar-refractivity contribution in [1.82, 2.24) is 0 Å². The first-order chi connectivity index (χ1) is 6.83. The Morgan fingerprint density at radius 1 is 1.60 bits per heavy atom. The van der Waals surface area contributed by atoms with Gasteiger partial charge in [0.15, 0.2) is 0 Å². The maximum absolute atomic E-state index is 10.9. The van der Waals surface area contributed by atoms with E-state index >= 15 is 0 Å². The van der Waals surface area contributed by atoms with Gasteiger partial charge in [0.25, 0.3) is 0 Å². The van der Waals surface area contributed by atoms with E-state index in [9.17, 15) is 9.90 Å². The third-order valence-electron chi connectivity index (χ3n) is 3.15. The summed E-state index contributed by atoms with van der Waals surface area (Å²) in [5.41, 5.74) is 0.522. The van der Waals surface area contributed by atoms with Crippen LogP contribution in [0.25, 0.3) is 0 Å². The molecule has 0 aliphatic heterocycles. The smallest absolute Gasteiger partial charge is 0.303 e. The van der Waals surface area contributed by atoms with Crippen molar-refractivity contribution in [2.24, 2.45) is 5.92 Å². The zero-order valence-corrected chi connectivity index (χ0v) is 9.91. The Labute approximate surface area is 91.1 Å². The number of rotatable bonds is 2. The molecular formula is C12H20O3. The van der Waals surface area contributed by atoms with Crippen molar-refractivity contribution in [2.45, 2.75) is 52.2 Å². The maximum atomic E-state index is 10.9. The first-order valence-corrected chi connectivity index (χ1v) is 5.37. The largest absolute Gasteiger partial charge is 0.460 e. The minimum absolute atomic E-state index is 0.195. The summed E-state index contributed by atoms with van der Waals surface area (Å²) in [5, 5.41) is 9.74. The molecule has 3 nitrogen and oxygen atoms in total. The summed E-state index contributed by atoms with van der Waals surface area (Å²) in [7, 11) is 0. The van der Waals surface area contributed by atoms with E-state index in [4.69, 9.17) is 4.74 Å². The van der Waals surface area contributed by atoms with Gasteiger partial charge in [0, 0.05) is 12.8 Å². The summed E-state index contributed by atoms with van der Waals surface area (Å²) in [6, 6.07) is 0. The van der Waals surface area contributed by atoms with Gasteiger partial charge in [-0.3, -0.25) is 4.79 Å². The summed E-state index contributed by atoms with van der Waals surface area (Å²) in [6.45, 7) is 7.16. The highest BCUT2D eigenvalue weighted by Gasteiger charge is 2.35. The molecule has 0 aromatic rings. The Morgan fingerprint density at radius 3 is 2.67 bits per heavy atom. The fourth-order valence-electron chi connectivity index (χ4n) is 2.04. The second-order valence-electron chi connectivity index (χ2n) is 4.83. The van der Waals surface area contributed by atoms with Gasteiger partial charge in [0.05, 0.1) is 6.10 Å². The second kappa shape index (κ2) is 4.35. The van der Waals surface area contributed by atoms with Crippen molar-refractivity contribution in [1.29, 1.82) is 0 Å². The molecular weight excluding hydrogens is 192 g/mol. The molecule has 0 fully saturated rings. The minimum atomic E-state index is -0.496. The van der Waals surface area contributed by atoms with E-state index in [0.717, 1.165) is 12.0 Å². The van der Waals surface area contributed by atoms with Gasteiger partial charge in [-0.05, 0) is 39.2 Å². The molecule has 2 atom stereocenters. The molecule has 86 valence electrons. The van der Waals surface area contributed by atoms with E-state index in [1.54, 1.807) is 0 Å². The number of hydrogen-bond acceptors (Lipinski definition) is 3. The third kappa shape index (κ3) is 3.06. The molecule has 0 saturated carbocycles. The van der Waals surface area contributed by atoms with Crippen LogP contribution in [-0.4, -0.2) is 22.8 Å². The third-order valence-corrected chi connectivity index (χ3v) is 3.15. The lowest BCUT2D eigenvalue weighted by molar-refractivity contribution is -0.160. The molecule has 0 heterocycles. The van der Waals surface area contributed by atoms with Gasteiger partial charge in [-0.25, -0.2) is 0 Å². The molecule has 3 heteroatoms. The highest BCUT2D eigenvalue weighted by Crippen LogP contribution is 2.34. The van der Waals surface area contributed by atoms with E-state index < -0.39 is 11.7 Å². The lowest BCUT2D eigenvalue weighted by Gasteiger charge is -2.37. The number of hydrogen-bond donors (Lipinski definition) is 1. The van der Waals surface area contributed by atoms with Crippen LogP contribution in [-0.2, 0) is 9.53 Å². The maximum Gasteiger partial charge on any atom is 0.303 e. The molecule has 1 aliphatic rings. The van der Waals surface area contributed by atoms with Crippen LogP contribution in [0.1, 0.15) is 40.5 Å². The van der Waals surface area contributed by atoms with Crippen LogP contribution >= 0.6 is 0 Å². The van der Waals surface area contributed by atoms with Crippen LogP contribution in [0.15, 0.2) is 11.6 Å². The molecule has 0 saturated heterocycles. The Bertz CT molecular complexity index is 279. The molecule has 15 heavy (non-hydrogen) atoms. The average molecular weight is 212 g/mol. The quantitative estimate of drug-likeness (QED) is 0.563. The Hall–Kier alpha value is -0.830. The van der Waals surface area contributed by atoms with Crippen molar-refractivity contribution >= 4 is 5.97 Å². The van der Waals surface area contributed by atoms with Gasteiger partial charge in [0.2, 0.25) is 0 Å². The minimum Gasteiger partial charge on any atom is -0.460 e. The van der Waals surface area contributed by atoms with E-state index in [1.807, 2.05) is 26.8 Å². The zero-order chi connectivity index (χ0) is 11.6. The highest BCUT2D eigenvalue weighted by molar-refractivity contribution is 5.66. The number of ether oxygens (including phenoxy) is 1. The molecule has 0 amide bonds. The van der Waals surface area contributed by atoms with Gasteiger partial charge < -0.3 is 9.84 Å². The molecule has 1 N–H and O–H groups in total. The zero-order valence-electron chi connectivity index (χ0n) is 9.91. The predicted molar refractivity (Wildman–Crippen MR) is 58.3 cm³/mol. The summed E-state index contributed by atoms with van der Waals surface area (Å²) in [4.78, 5) is 10.9. The molecule has 0 aromatic carbocycles. The molecule has 1 aliphatic carbocycles. The van der Waals surface area contributed by atoms with E-state index in [1.165, 1.54) is 6.92 Å². The first kappa shape index (κ1) is 12.2. The van der Waals surface area contributed by atoms with Crippen molar-refractivity contribution in [3.8, 4) is 0 Å². The number of carbonyl (C=O) groups is 1. The topological polar surface area (TPSA) is 46.5 Å². The predicted octanol–water partition coefficient (Wildman–Crippen LogP) is 2.05. The average Bonchev–Trinajstić information content (AvgIpc) is 2.07. The Kier molecular flexibility index (Phi) is 3.55. The Balaban J connectivity index is 2.69. The fraction of sp³-hybridized carbons (Fsp3) is 0.750. The van der Waals surface area contributed by atoms with E-state index in [2.05, 4.69) is 0 Å². The van der Waals surface area contributed by atoms with Crippen molar-refractivity contribution < 1.29 is 14.6 Å². The van der Waals surface area contributed by atoms with E-state index in [0.29, 0.717) is 6.42 Å². The number of aliphatic hydroxyl groups is 1. The fourth-order valence-corrected chi connectivity index (χ4v) is 2.04. The van der Waals surface area contributed by atoms with Crippen LogP contribution in [0.4, 0.5) is 0 Å². The normalized spacial score (nSPS) is 27.1. The van der Waals surface area contributed by atoms with Gasteiger partial charge in [-0.1, -0.05) is 6.08 Å². The summed E-state index contributed by atoms with van der Waals surface area (Å²) in [6.07, 6.45) is 3.18. The number of allylic oxidation sites excluding steroid dienone is 1. The SMILES string of the molecule is CC(=O)OC(C)(C)[C@H]1CC=C(C)[C@H](O)C1. The molecule has 0 bridgehead atoms. The van der Waals surface area contributed by atoms with Crippen LogP contribution in [0.5, 0.6) is 0 Å². The molecule has 0 spiro atoms. The van der Waals surface area contributed by atoms with Crippen LogP contribution in [0.3, 0.4) is 0 Å². The summed E-state index contributed by atoms with van der Waals surface area (Å²) < 4.78 is 5.28. The molecule has 0 aromatic heterocycles. The van der Waals surface area contributed by atoms with Crippen LogP contribution in [0.2, 0.25) is 0 Å². The summed E-state index contributed by atoms with van der Waals surface area (Å²) >= 11 is 0. The first-order valence-electron chi connectivity index (χ1n) is 5.37. The molecule has 1 rings (SSSR count). The van der Waals surface area contributed by atoms with Gasteiger partial charge in [0.1, 0.15) is 5.60 Å². The van der Waals surface area contributed by atoms with Gasteiger partial charge in [-0.2, -0.15) is 0 Å². The lowest BCUT2D eigenvalue weighted by Crippen LogP contribution is -2.39. The highest BCUT2D eigenvalue weighted by atomic mass is 16.6. The number of carbonyl (C=O) groups excluding carboxylic acids is 1. The molecule has 0 unspecified atom stereocenters. The van der Waals surface area contributed by atoms with Gasteiger partial charge >= 0.3 is 5.97 Å². The van der Waals surface area contributed by atoms with Crippen LogP contribution < -0.4 is 0 Å². The molecule has 0 radical (unpaired) electrons. The van der Waals surface area contributed by atoms with Crippen molar-refractivity contribution in [3.63, 3.8) is 0 Å². The summed E-state index contributed by atoms with van der Waals surface area (Å²) in [5.74, 6) is -0.0686. The van der Waals surface area contributed by atoms with Crippen molar-refractivity contribution in [2.75, 3.05) is 0 Å². The lowest BCUT2D eigenvalue weighted by atomic mass is 9.78.